The number of benzene rings is 3. The van der Waals surface area contributed by atoms with E-state index in [4.69, 9.17) is 0 Å². The molecule has 36 heavy (non-hydrogen) atoms. The predicted octanol–water partition coefficient (Wildman–Crippen LogP) is 5.90. The Morgan fingerprint density at radius 2 is 1.61 bits per heavy atom. The summed E-state index contributed by atoms with van der Waals surface area (Å²) < 4.78 is 28.1. The number of thiazole rings is 1. The quantitative estimate of drug-likeness (QED) is 0.234. The summed E-state index contributed by atoms with van der Waals surface area (Å²) in [7, 11) is -3.51. The van der Waals surface area contributed by atoms with Crippen LogP contribution in [0.15, 0.2) is 100 Å². The van der Waals surface area contributed by atoms with Crippen molar-refractivity contribution in [1.29, 1.82) is 0 Å². The van der Waals surface area contributed by atoms with E-state index >= 15 is 0 Å². The Morgan fingerprint density at radius 1 is 0.944 bits per heavy atom. The molecule has 1 aliphatic heterocycles. The van der Waals surface area contributed by atoms with Gasteiger partial charge in [-0.15, -0.1) is 11.3 Å². The van der Waals surface area contributed by atoms with Gasteiger partial charge in [0.1, 0.15) is 0 Å². The lowest BCUT2D eigenvalue weighted by molar-refractivity contribution is 0.273. The Bertz CT molecular complexity index is 1390. The summed E-state index contributed by atoms with van der Waals surface area (Å²) in [5.41, 5.74) is 6.92. The van der Waals surface area contributed by atoms with E-state index in [1.807, 2.05) is 53.9 Å². The van der Waals surface area contributed by atoms with Crippen molar-refractivity contribution in [3.63, 3.8) is 0 Å². The van der Waals surface area contributed by atoms with Gasteiger partial charge >= 0.3 is 0 Å². The second-order valence-electron chi connectivity index (χ2n) is 8.88. The van der Waals surface area contributed by atoms with E-state index in [1.165, 1.54) is 16.9 Å². The Hall–Kier alpha value is -3.33. The molecule has 8 heteroatoms. The van der Waals surface area contributed by atoms with E-state index in [0.29, 0.717) is 29.0 Å². The van der Waals surface area contributed by atoms with Gasteiger partial charge in [0.15, 0.2) is 0 Å². The lowest BCUT2D eigenvalue weighted by Gasteiger charge is -2.31. The molecule has 0 bridgehead atoms. The summed E-state index contributed by atoms with van der Waals surface area (Å²) in [6, 6.07) is 27.3. The Balaban J connectivity index is 1.18. The molecule has 3 aromatic carbocycles. The molecule has 1 aromatic heterocycles. The largest absolute Gasteiger partial charge is 0.253 e. The summed E-state index contributed by atoms with van der Waals surface area (Å²) in [6.07, 6.45) is 4.51. The van der Waals surface area contributed by atoms with Crippen LogP contribution in [-0.2, 0) is 16.4 Å². The number of aromatic nitrogens is 1. The van der Waals surface area contributed by atoms with Gasteiger partial charge in [0.05, 0.1) is 16.8 Å². The van der Waals surface area contributed by atoms with E-state index in [0.717, 1.165) is 36.1 Å². The molecular formula is C28H28N4O2S2. The van der Waals surface area contributed by atoms with E-state index in [1.54, 1.807) is 22.7 Å². The third-order valence-corrected chi connectivity index (χ3v) is 9.07. The van der Waals surface area contributed by atoms with Crippen LogP contribution < -0.4 is 5.43 Å². The molecule has 1 saturated heterocycles. The number of hydrogen-bond acceptors (Lipinski definition) is 6. The molecule has 0 atom stereocenters. The van der Waals surface area contributed by atoms with Gasteiger partial charge in [-0.3, -0.25) is 5.43 Å². The molecule has 0 saturated carbocycles. The molecule has 4 aromatic rings. The summed E-state index contributed by atoms with van der Waals surface area (Å²) in [4.78, 5) is 4.90. The van der Waals surface area contributed by atoms with E-state index in [9.17, 15) is 8.42 Å². The SMILES string of the molecule is O=S(=O)(c1ccc(-c2csc(NN=Cc3ccccc3)n2)cc1)N1CCC(Cc2ccccc2)CC1. The number of piperidine rings is 1. The Kier molecular flexibility index (Phi) is 7.55. The van der Waals surface area contributed by atoms with E-state index in [-0.39, 0.29) is 0 Å². The van der Waals surface area contributed by atoms with Gasteiger partial charge in [-0.25, -0.2) is 13.4 Å². The van der Waals surface area contributed by atoms with Crippen LogP contribution in [0.25, 0.3) is 11.3 Å². The second kappa shape index (κ2) is 11.2. The predicted molar refractivity (Wildman–Crippen MR) is 147 cm³/mol. The van der Waals surface area contributed by atoms with Gasteiger partial charge in [-0.2, -0.15) is 9.41 Å². The molecule has 6 nitrogen and oxygen atoms in total. The van der Waals surface area contributed by atoms with Crippen molar-refractivity contribution in [2.75, 3.05) is 18.5 Å². The fourth-order valence-corrected chi connectivity index (χ4v) is 6.54. The maximum absolute atomic E-state index is 13.2. The number of nitrogens with one attached hydrogen (secondary N) is 1. The molecule has 184 valence electrons. The van der Waals surface area contributed by atoms with Crippen LogP contribution in [0.5, 0.6) is 0 Å². The van der Waals surface area contributed by atoms with Crippen molar-refractivity contribution in [2.24, 2.45) is 11.0 Å². The van der Waals surface area contributed by atoms with Crippen LogP contribution in [0.1, 0.15) is 24.0 Å². The normalized spacial score (nSPS) is 15.3. The fourth-order valence-electron chi connectivity index (χ4n) is 4.41. The van der Waals surface area contributed by atoms with Crippen LogP contribution in [0, 0.1) is 5.92 Å². The minimum absolute atomic E-state index is 0.328. The van der Waals surface area contributed by atoms with Gasteiger partial charge in [0.25, 0.3) is 0 Å². The second-order valence-corrected chi connectivity index (χ2v) is 11.7. The Morgan fingerprint density at radius 3 is 2.31 bits per heavy atom. The van der Waals surface area contributed by atoms with Gasteiger partial charge in [0.2, 0.25) is 15.2 Å². The maximum atomic E-state index is 13.2. The highest BCUT2D eigenvalue weighted by Gasteiger charge is 2.29. The molecule has 5 rings (SSSR count). The monoisotopic (exact) mass is 516 g/mol. The lowest BCUT2D eigenvalue weighted by atomic mass is 9.91. The minimum atomic E-state index is -3.51. The summed E-state index contributed by atoms with van der Waals surface area (Å²) in [5.74, 6) is 0.519. The number of anilines is 1. The summed E-state index contributed by atoms with van der Waals surface area (Å²) in [5, 5.41) is 6.84. The van der Waals surface area contributed by atoms with Gasteiger partial charge in [0, 0.05) is 24.0 Å². The zero-order valence-electron chi connectivity index (χ0n) is 19.8. The molecule has 1 fully saturated rings. The molecule has 2 heterocycles. The molecule has 1 aliphatic rings. The molecular weight excluding hydrogens is 488 g/mol. The first-order valence-electron chi connectivity index (χ1n) is 12.0. The molecule has 1 N–H and O–H groups in total. The zero-order valence-corrected chi connectivity index (χ0v) is 21.5. The zero-order chi connectivity index (χ0) is 24.8. The molecule has 0 aliphatic carbocycles. The van der Waals surface area contributed by atoms with Crippen LogP contribution in [0.4, 0.5) is 5.13 Å². The third kappa shape index (κ3) is 5.90. The average molecular weight is 517 g/mol. The number of hydrogen-bond donors (Lipinski definition) is 1. The smallest absolute Gasteiger partial charge is 0.243 e. The first-order valence-corrected chi connectivity index (χ1v) is 14.3. The van der Waals surface area contributed by atoms with Crippen molar-refractivity contribution in [1.82, 2.24) is 9.29 Å². The van der Waals surface area contributed by atoms with Gasteiger partial charge in [-0.1, -0.05) is 72.8 Å². The third-order valence-electron chi connectivity index (χ3n) is 6.41. The lowest BCUT2D eigenvalue weighted by Crippen LogP contribution is -2.38. The highest BCUT2D eigenvalue weighted by molar-refractivity contribution is 7.89. The van der Waals surface area contributed by atoms with Crippen molar-refractivity contribution in [2.45, 2.75) is 24.2 Å². The molecule has 0 spiro atoms. The van der Waals surface area contributed by atoms with Crippen LogP contribution in [0.3, 0.4) is 0 Å². The van der Waals surface area contributed by atoms with Gasteiger partial charge in [-0.05, 0) is 48.4 Å². The number of nitrogens with zero attached hydrogens (tertiary/aromatic N) is 3. The van der Waals surface area contributed by atoms with Crippen molar-refractivity contribution in [3.8, 4) is 11.3 Å². The highest BCUT2D eigenvalue weighted by Crippen LogP contribution is 2.29. The Labute approximate surface area is 216 Å². The van der Waals surface area contributed by atoms with E-state index < -0.39 is 10.0 Å². The molecule has 0 amide bonds. The minimum Gasteiger partial charge on any atom is -0.253 e. The van der Waals surface area contributed by atoms with Crippen LogP contribution in [-0.4, -0.2) is 37.0 Å². The summed E-state index contributed by atoms with van der Waals surface area (Å²) in [6.45, 7) is 1.12. The van der Waals surface area contributed by atoms with Crippen molar-refractivity contribution in [3.05, 3.63) is 101 Å². The van der Waals surface area contributed by atoms with E-state index in [2.05, 4.69) is 39.8 Å². The van der Waals surface area contributed by atoms with Crippen LogP contribution in [0.2, 0.25) is 0 Å². The van der Waals surface area contributed by atoms with Crippen LogP contribution >= 0.6 is 11.3 Å². The number of rotatable bonds is 8. The fraction of sp³-hybridized carbons (Fsp3) is 0.214. The molecule has 0 radical (unpaired) electrons. The highest BCUT2D eigenvalue weighted by atomic mass is 32.2. The number of sulfonamides is 1. The summed E-state index contributed by atoms with van der Waals surface area (Å²) >= 11 is 1.45. The topological polar surface area (TPSA) is 74.7 Å². The number of hydrazone groups is 1. The standard InChI is InChI=1S/C28H28N4O2S2/c33-36(34,32-17-15-23(16-18-32)19-22-7-3-1-4-8-22)26-13-11-25(12-14-26)27-21-35-28(30-27)31-29-20-24-9-5-2-6-10-24/h1-14,20-21,23H,15-19H2,(H,30,31). The van der Waals surface area contributed by atoms with Gasteiger partial charge < -0.3 is 0 Å². The van der Waals surface area contributed by atoms with Crippen molar-refractivity contribution < 1.29 is 8.42 Å². The maximum Gasteiger partial charge on any atom is 0.243 e. The molecule has 0 unspecified atom stereocenters. The average Bonchev–Trinajstić information content (AvgIpc) is 3.39. The first-order chi connectivity index (χ1) is 17.6. The van der Waals surface area contributed by atoms with Crippen molar-refractivity contribution >= 4 is 32.7 Å². The first kappa shape index (κ1) is 24.4.